The van der Waals surface area contributed by atoms with Crippen molar-refractivity contribution >= 4 is 28.4 Å². The van der Waals surface area contributed by atoms with E-state index >= 15 is 0 Å². The number of carbonyl (C=O) groups excluding carboxylic acids is 1. The summed E-state index contributed by atoms with van der Waals surface area (Å²) in [5, 5.41) is 7.18. The Morgan fingerprint density at radius 3 is 2.77 bits per heavy atom. The Labute approximate surface area is 176 Å². The van der Waals surface area contributed by atoms with Gasteiger partial charge in [0.25, 0.3) is 11.6 Å². The van der Waals surface area contributed by atoms with Gasteiger partial charge in [0.1, 0.15) is 11.5 Å². The molecule has 8 nitrogen and oxygen atoms in total. The molecule has 1 fully saturated rings. The molecule has 1 aromatic carbocycles. The number of carbonyl (C=O) groups is 1. The van der Waals surface area contributed by atoms with Gasteiger partial charge < -0.3 is 23.9 Å². The number of nitrogens with zero attached hydrogens (tertiary/aromatic N) is 3. The number of amides is 1. The molecule has 0 aliphatic carbocycles. The van der Waals surface area contributed by atoms with Crippen LogP contribution in [0.15, 0.2) is 51.6 Å². The lowest BCUT2D eigenvalue weighted by Crippen LogP contribution is -2.36. The molecule has 0 saturated carbocycles. The van der Waals surface area contributed by atoms with Crippen LogP contribution in [0.5, 0.6) is 0 Å². The largest absolute Gasteiger partial charge is 0.463 e. The minimum Gasteiger partial charge on any atom is -0.463 e. The number of aryl methyl sites for hydroxylation is 1. The van der Waals surface area contributed by atoms with E-state index in [2.05, 4.69) is 15.5 Å². The summed E-state index contributed by atoms with van der Waals surface area (Å²) >= 11 is 0. The van der Waals surface area contributed by atoms with Crippen LogP contribution < -0.4 is 10.2 Å². The highest BCUT2D eigenvalue weighted by molar-refractivity contribution is 6.13. The molecule has 0 spiro atoms. The number of fused-ring (bicyclic) bond motifs is 1. The lowest BCUT2D eigenvalue weighted by molar-refractivity contribution is 0.102. The van der Waals surface area contributed by atoms with Gasteiger partial charge in [0, 0.05) is 18.8 Å². The SMILES string of the molecule is Cc1noc2nc(-c3ccco3)cc(C(=O)Nc3ccc(N4CCOCC4)c(F)c3)c12. The third kappa shape index (κ3) is 3.64. The van der Waals surface area contributed by atoms with E-state index in [1.807, 2.05) is 4.90 Å². The molecule has 0 radical (unpaired) electrons. The van der Waals surface area contributed by atoms with Crippen molar-refractivity contribution < 1.29 is 22.9 Å². The second-order valence-corrected chi connectivity index (χ2v) is 7.20. The summed E-state index contributed by atoms with van der Waals surface area (Å²) in [5.74, 6) is -0.340. The third-order valence-corrected chi connectivity index (χ3v) is 5.19. The van der Waals surface area contributed by atoms with Crippen LogP contribution in [0, 0.1) is 12.7 Å². The third-order valence-electron chi connectivity index (χ3n) is 5.19. The van der Waals surface area contributed by atoms with Crippen molar-refractivity contribution in [1.82, 2.24) is 10.1 Å². The Kier molecular flexibility index (Phi) is 4.87. The maximum Gasteiger partial charge on any atom is 0.259 e. The molecule has 1 aliphatic rings. The summed E-state index contributed by atoms with van der Waals surface area (Å²) in [6.07, 6.45) is 1.52. The minimum absolute atomic E-state index is 0.227. The fourth-order valence-corrected chi connectivity index (χ4v) is 3.67. The van der Waals surface area contributed by atoms with Crippen LogP contribution in [0.4, 0.5) is 15.8 Å². The first-order valence-corrected chi connectivity index (χ1v) is 9.84. The molecule has 4 heterocycles. The average Bonchev–Trinajstić information content (AvgIpc) is 3.44. The topological polar surface area (TPSA) is 93.6 Å². The van der Waals surface area contributed by atoms with Crippen LogP contribution >= 0.6 is 0 Å². The number of aromatic nitrogens is 2. The number of pyridine rings is 1. The predicted molar refractivity (Wildman–Crippen MR) is 112 cm³/mol. The van der Waals surface area contributed by atoms with Gasteiger partial charge in [0.2, 0.25) is 0 Å². The summed E-state index contributed by atoms with van der Waals surface area (Å²) in [6, 6.07) is 9.73. The van der Waals surface area contributed by atoms with Crippen molar-refractivity contribution in [2.75, 3.05) is 36.5 Å². The van der Waals surface area contributed by atoms with E-state index in [1.54, 1.807) is 37.3 Å². The molecule has 1 saturated heterocycles. The van der Waals surface area contributed by atoms with Gasteiger partial charge in [-0.15, -0.1) is 0 Å². The summed E-state index contributed by atoms with van der Waals surface area (Å²) in [6.45, 7) is 4.10. The zero-order chi connectivity index (χ0) is 21.4. The van der Waals surface area contributed by atoms with Crippen molar-refractivity contribution in [3.05, 3.63) is 59.7 Å². The molecule has 1 N–H and O–H groups in total. The van der Waals surface area contributed by atoms with Crippen LogP contribution in [-0.2, 0) is 4.74 Å². The minimum atomic E-state index is -0.426. The molecule has 158 valence electrons. The van der Waals surface area contributed by atoms with Gasteiger partial charge in [0.05, 0.1) is 41.8 Å². The van der Waals surface area contributed by atoms with Gasteiger partial charge in [-0.3, -0.25) is 4.79 Å². The number of furan rings is 1. The Morgan fingerprint density at radius 1 is 1.19 bits per heavy atom. The van der Waals surface area contributed by atoms with Crippen molar-refractivity contribution in [1.29, 1.82) is 0 Å². The lowest BCUT2D eigenvalue weighted by Gasteiger charge is -2.29. The predicted octanol–water partition coefficient (Wildman–Crippen LogP) is 4.02. The molecule has 1 aliphatic heterocycles. The highest BCUT2D eigenvalue weighted by atomic mass is 19.1. The number of halogens is 1. The molecule has 1 amide bonds. The molecular formula is C22H19FN4O4. The molecule has 0 bridgehead atoms. The Hall–Kier alpha value is -3.72. The first-order valence-electron chi connectivity index (χ1n) is 9.84. The van der Waals surface area contributed by atoms with Gasteiger partial charge in [-0.25, -0.2) is 9.37 Å². The Morgan fingerprint density at radius 2 is 2.03 bits per heavy atom. The summed E-state index contributed by atoms with van der Waals surface area (Å²) < 4.78 is 30.7. The second kappa shape index (κ2) is 7.84. The van der Waals surface area contributed by atoms with Gasteiger partial charge in [-0.2, -0.15) is 0 Å². The Balaban J connectivity index is 1.46. The molecule has 0 unspecified atom stereocenters. The molecule has 9 heteroatoms. The van der Waals surface area contributed by atoms with Crippen LogP contribution in [0.3, 0.4) is 0 Å². The smallest absolute Gasteiger partial charge is 0.259 e. The summed E-state index contributed by atoms with van der Waals surface area (Å²) in [7, 11) is 0. The number of anilines is 2. The van der Waals surface area contributed by atoms with Crippen molar-refractivity contribution in [3.8, 4) is 11.5 Å². The van der Waals surface area contributed by atoms with E-state index in [4.69, 9.17) is 13.7 Å². The molecule has 4 aromatic rings. The van der Waals surface area contributed by atoms with Crippen molar-refractivity contribution in [2.24, 2.45) is 0 Å². The first-order chi connectivity index (χ1) is 15.1. The van der Waals surface area contributed by atoms with Crippen LogP contribution in [-0.4, -0.2) is 42.4 Å². The summed E-state index contributed by atoms with van der Waals surface area (Å²) in [4.78, 5) is 19.4. The molecule has 5 rings (SSSR count). The van der Waals surface area contributed by atoms with Crippen LogP contribution in [0.25, 0.3) is 22.6 Å². The lowest BCUT2D eigenvalue weighted by atomic mass is 10.1. The number of ether oxygens (including phenoxy) is 1. The number of benzene rings is 1. The van der Waals surface area contributed by atoms with Gasteiger partial charge in [-0.1, -0.05) is 5.16 Å². The second-order valence-electron chi connectivity index (χ2n) is 7.20. The quantitative estimate of drug-likeness (QED) is 0.531. The number of hydrogen-bond acceptors (Lipinski definition) is 7. The number of nitrogens with one attached hydrogen (secondary N) is 1. The normalized spacial score (nSPS) is 14.2. The maximum atomic E-state index is 14.7. The monoisotopic (exact) mass is 422 g/mol. The average molecular weight is 422 g/mol. The van der Waals surface area contributed by atoms with E-state index in [0.29, 0.717) is 65.8 Å². The fraction of sp³-hybridized carbons (Fsp3) is 0.227. The molecule has 3 aromatic heterocycles. The van der Waals surface area contributed by atoms with E-state index in [0.717, 1.165) is 0 Å². The van der Waals surface area contributed by atoms with E-state index in [9.17, 15) is 9.18 Å². The van der Waals surface area contributed by atoms with Gasteiger partial charge >= 0.3 is 0 Å². The van der Waals surface area contributed by atoms with Crippen LogP contribution in [0.1, 0.15) is 16.1 Å². The first kappa shape index (κ1) is 19.3. The molecular weight excluding hydrogens is 403 g/mol. The maximum absolute atomic E-state index is 14.7. The molecule has 0 atom stereocenters. The standard InChI is InChI=1S/C22H19FN4O4/c1-13-20-15(12-17(19-3-2-8-30-19)25-22(20)31-26-13)21(28)24-14-4-5-18(16(23)11-14)27-6-9-29-10-7-27/h2-5,8,11-12H,6-7,9-10H2,1H3,(H,24,28). The van der Waals surface area contributed by atoms with E-state index < -0.39 is 11.7 Å². The molecule has 31 heavy (non-hydrogen) atoms. The fourth-order valence-electron chi connectivity index (χ4n) is 3.67. The number of morpholine rings is 1. The Bertz CT molecular complexity index is 1250. The van der Waals surface area contributed by atoms with Crippen LogP contribution in [0.2, 0.25) is 0 Å². The van der Waals surface area contributed by atoms with Gasteiger partial charge in [-0.05, 0) is 43.3 Å². The van der Waals surface area contributed by atoms with Gasteiger partial charge in [0.15, 0.2) is 5.76 Å². The highest BCUT2D eigenvalue weighted by Crippen LogP contribution is 2.29. The highest BCUT2D eigenvalue weighted by Gasteiger charge is 2.21. The van der Waals surface area contributed by atoms with Crippen molar-refractivity contribution in [3.63, 3.8) is 0 Å². The summed E-state index contributed by atoms with van der Waals surface area (Å²) in [5.41, 5.74) is 2.35. The number of rotatable bonds is 4. The van der Waals surface area contributed by atoms with Crippen molar-refractivity contribution in [2.45, 2.75) is 6.92 Å². The number of hydrogen-bond donors (Lipinski definition) is 1. The zero-order valence-electron chi connectivity index (χ0n) is 16.7. The zero-order valence-corrected chi connectivity index (χ0v) is 16.7. The van der Waals surface area contributed by atoms with E-state index in [-0.39, 0.29) is 5.71 Å². The van der Waals surface area contributed by atoms with E-state index in [1.165, 1.54) is 12.3 Å².